The normalized spacial score (nSPS) is 12.1. The van der Waals surface area contributed by atoms with Crippen LogP contribution in [0.3, 0.4) is 0 Å². The Morgan fingerprint density at radius 3 is 2.53 bits per heavy atom. The van der Waals surface area contributed by atoms with Gasteiger partial charge in [0, 0.05) is 12.1 Å². The first-order chi connectivity index (χ1) is 8.17. The summed E-state index contributed by atoms with van der Waals surface area (Å²) in [5, 5.41) is 10.5. The molecule has 0 bridgehead atoms. The van der Waals surface area contributed by atoms with E-state index in [4.69, 9.17) is 9.05 Å². The lowest BCUT2D eigenvalue weighted by molar-refractivity contribution is -0.384. The molecule has 1 unspecified atom stereocenters. The van der Waals surface area contributed by atoms with Gasteiger partial charge in [0.2, 0.25) is 0 Å². The summed E-state index contributed by atoms with van der Waals surface area (Å²) in [6.45, 7) is 2.68. The average molecular weight is 275 g/mol. The van der Waals surface area contributed by atoms with Gasteiger partial charge in [-0.05, 0) is 24.8 Å². The molecule has 0 fully saturated rings. The summed E-state index contributed by atoms with van der Waals surface area (Å²) >= 11 is 1.50. The van der Waals surface area contributed by atoms with Crippen LogP contribution in [0.5, 0.6) is 5.75 Å². The predicted octanol–water partition coefficient (Wildman–Crippen LogP) is 3.99. The van der Waals surface area contributed by atoms with Crippen LogP contribution in [0.25, 0.3) is 0 Å². The first-order valence-electron chi connectivity index (χ1n) is 5.07. The Hall–Kier alpha value is -0.840. The van der Waals surface area contributed by atoms with Gasteiger partial charge in [0.15, 0.2) is 0 Å². The fourth-order valence-corrected chi connectivity index (χ4v) is 2.88. The third-order valence-electron chi connectivity index (χ3n) is 1.78. The molecule has 7 heteroatoms. The van der Waals surface area contributed by atoms with E-state index in [0.717, 1.165) is 6.42 Å². The minimum Gasteiger partial charge on any atom is -0.440 e. The van der Waals surface area contributed by atoms with Gasteiger partial charge in [-0.25, -0.2) is 0 Å². The van der Waals surface area contributed by atoms with Crippen molar-refractivity contribution in [3.05, 3.63) is 34.4 Å². The van der Waals surface area contributed by atoms with Crippen LogP contribution in [0, 0.1) is 10.1 Å². The highest BCUT2D eigenvalue weighted by Gasteiger charge is 2.12. The van der Waals surface area contributed by atoms with E-state index in [1.807, 2.05) is 13.2 Å². The van der Waals surface area contributed by atoms with Crippen LogP contribution in [-0.2, 0) is 4.52 Å². The minimum absolute atomic E-state index is 0.0558. The molecule has 1 atom stereocenters. The van der Waals surface area contributed by atoms with Crippen molar-refractivity contribution in [3.8, 4) is 5.75 Å². The molecule has 0 aliphatic carbocycles. The number of benzene rings is 1. The van der Waals surface area contributed by atoms with E-state index >= 15 is 0 Å². The van der Waals surface area contributed by atoms with E-state index in [1.165, 1.54) is 23.5 Å². The Kier molecular flexibility index (Phi) is 6.26. The molecule has 0 amide bonds. The molecule has 1 aromatic carbocycles. The third-order valence-corrected chi connectivity index (χ3v) is 4.26. The highest BCUT2D eigenvalue weighted by Crippen LogP contribution is 2.50. The molecule has 0 spiro atoms. The zero-order valence-corrected chi connectivity index (χ0v) is 11.4. The number of non-ortho nitro benzene ring substituents is 1. The van der Waals surface area contributed by atoms with Gasteiger partial charge in [-0.1, -0.05) is 18.3 Å². The molecule has 17 heavy (non-hydrogen) atoms. The quantitative estimate of drug-likeness (QED) is 0.427. The summed E-state index contributed by atoms with van der Waals surface area (Å²) in [4.78, 5) is 10.0. The fourth-order valence-electron chi connectivity index (χ4n) is 0.997. The number of nitro benzene ring substituents is 1. The van der Waals surface area contributed by atoms with Crippen LogP contribution in [0.1, 0.15) is 13.3 Å². The maximum atomic E-state index is 10.5. The second-order valence-corrected chi connectivity index (χ2v) is 6.32. The number of hydrogen-bond donors (Lipinski definition) is 0. The molecule has 0 N–H and O–H groups in total. The van der Waals surface area contributed by atoms with Crippen LogP contribution in [0.4, 0.5) is 5.69 Å². The van der Waals surface area contributed by atoms with Gasteiger partial charge >= 0.3 is 0 Å². The maximum absolute atomic E-state index is 10.5. The second kappa shape index (κ2) is 7.48. The van der Waals surface area contributed by atoms with Crippen LogP contribution >= 0.6 is 19.0 Å². The zero-order chi connectivity index (χ0) is 12.7. The molecule has 0 radical (unpaired) electrons. The minimum atomic E-state index is -1.02. The van der Waals surface area contributed by atoms with Crippen molar-refractivity contribution in [2.24, 2.45) is 0 Å². The molecule has 0 aromatic heterocycles. The van der Waals surface area contributed by atoms with Crippen molar-refractivity contribution in [2.75, 3.05) is 12.9 Å². The smallest absolute Gasteiger partial charge is 0.298 e. The van der Waals surface area contributed by atoms with Gasteiger partial charge in [0.05, 0.1) is 11.5 Å². The molecular weight excluding hydrogens is 261 g/mol. The van der Waals surface area contributed by atoms with E-state index in [1.54, 1.807) is 12.1 Å². The van der Waals surface area contributed by atoms with Gasteiger partial charge in [-0.2, -0.15) is 0 Å². The predicted molar refractivity (Wildman–Crippen MR) is 70.4 cm³/mol. The highest BCUT2D eigenvalue weighted by molar-refractivity contribution is 8.52. The Labute approximate surface area is 105 Å². The van der Waals surface area contributed by atoms with Crippen molar-refractivity contribution >= 4 is 24.6 Å². The third kappa shape index (κ3) is 4.89. The molecule has 0 aliphatic rings. The van der Waals surface area contributed by atoms with Gasteiger partial charge in [-0.15, -0.1) is 0 Å². The Bertz CT molecular complexity index is 360. The average Bonchev–Trinajstić information content (AvgIpc) is 2.35. The van der Waals surface area contributed by atoms with Crippen LogP contribution in [0.15, 0.2) is 24.3 Å². The second-order valence-electron chi connectivity index (χ2n) is 3.08. The molecule has 94 valence electrons. The Balaban J connectivity index is 2.57. The summed E-state index contributed by atoms with van der Waals surface area (Å²) in [6.07, 6.45) is 2.84. The number of nitrogens with zero attached hydrogens (tertiary/aromatic N) is 1. The molecule has 1 rings (SSSR count). The number of nitro groups is 1. The summed E-state index contributed by atoms with van der Waals surface area (Å²) in [6, 6.07) is 6.00. The van der Waals surface area contributed by atoms with Crippen LogP contribution < -0.4 is 4.52 Å². The van der Waals surface area contributed by atoms with E-state index in [0.29, 0.717) is 12.4 Å². The number of hydrogen-bond acceptors (Lipinski definition) is 5. The zero-order valence-electron chi connectivity index (χ0n) is 9.66. The Morgan fingerprint density at radius 2 is 2.06 bits per heavy atom. The van der Waals surface area contributed by atoms with E-state index in [-0.39, 0.29) is 5.69 Å². The monoisotopic (exact) mass is 275 g/mol. The molecule has 0 aliphatic heterocycles. The summed E-state index contributed by atoms with van der Waals surface area (Å²) in [5.41, 5.74) is 0.0558. The van der Waals surface area contributed by atoms with Crippen LogP contribution in [-0.4, -0.2) is 17.8 Å². The van der Waals surface area contributed by atoms with E-state index in [2.05, 4.69) is 0 Å². The molecule has 5 nitrogen and oxygen atoms in total. The molecule has 1 aromatic rings. The first kappa shape index (κ1) is 14.2. The van der Waals surface area contributed by atoms with Gasteiger partial charge < -0.3 is 9.05 Å². The van der Waals surface area contributed by atoms with Crippen molar-refractivity contribution < 1.29 is 14.0 Å². The fraction of sp³-hybridized carbons (Fsp3) is 0.400. The molecule has 0 saturated carbocycles. The van der Waals surface area contributed by atoms with Crippen molar-refractivity contribution in [2.45, 2.75) is 13.3 Å². The topological polar surface area (TPSA) is 61.6 Å². The van der Waals surface area contributed by atoms with Crippen molar-refractivity contribution in [1.29, 1.82) is 0 Å². The Morgan fingerprint density at radius 1 is 1.41 bits per heavy atom. The molecule has 0 saturated heterocycles. The lowest BCUT2D eigenvalue weighted by Gasteiger charge is -2.14. The van der Waals surface area contributed by atoms with Crippen molar-refractivity contribution in [1.82, 2.24) is 0 Å². The van der Waals surface area contributed by atoms with Crippen molar-refractivity contribution in [3.63, 3.8) is 0 Å². The van der Waals surface area contributed by atoms with Gasteiger partial charge in [-0.3, -0.25) is 10.1 Å². The largest absolute Gasteiger partial charge is 0.440 e. The number of rotatable bonds is 7. The maximum Gasteiger partial charge on any atom is 0.298 e. The first-order valence-corrected chi connectivity index (χ1v) is 8.07. The van der Waals surface area contributed by atoms with Gasteiger partial charge in [0.1, 0.15) is 5.75 Å². The lowest BCUT2D eigenvalue weighted by atomic mass is 10.3. The summed E-state index contributed by atoms with van der Waals surface area (Å²) in [5.74, 6) is 0.590. The molecule has 0 heterocycles. The standard InChI is InChI=1S/C10H14NO4PS/c1-3-8-14-16(17-2)15-10-6-4-9(5-7-10)11(12)13/h4-7H,3,8H2,1-2H3. The summed E-state index contributed by atoms with van der Waals surface area (Å²) in [7, 11) is -1.02. The van der Waals surface area contributed by atoms with E-state index < -0.39 is 12.5 Å². The highest BCUT2D eigenvalue weighted by atomic mass is 32.7. The SMILES string of the molecule is CCCOP(Oc1ccc([N+](=O)[O-])cc1)SC. The van der Waals surface area contributed by atoms with Gasteiger partial charge in [0.25, 0.3) is 13.3 Å². The van der Waals surface area contributed by atoms with Crippen LogP contribution in [0.2, 0.25) is 0 Å². The van der Waals surface area contributed by atoms with E-state index in [9.17, 15) is 10.1 Å². The summed E-state index contributed by atoms with van der Waals surface area (Å²) < 4.78 is 11.1. The lowest BCUT2D eigenvalue weighted by Crippen LogP contribution is -1.92. The molecular formula is C10H14NO4PS.